The third-order valence-corrected chi connectivity index (χ3v) is 3.97. The van der Waals surface area contributed by atoms with Crippen LogP contribution in [0.2, 0.25) is 10.0 Å². The monoisotopic (exact) mass is 383 g/mol. The zero-order chi connectivity index (χ0) is 16.8. The lowest BCUT2D eigenvalue weighted by atomic mass is 10.1. The molecule has 128 valence electrons. The maximum absolute atomic E-state index is 12.2. The molecule has 0 bridgehead atoms. The summed E-state index contributed by atoms with van der Waals surface area (Å²) >= 11 is 12.5. The highest BCUT2D eigenvalue weighted by Crippen LogP contribution is 2.36. The average molecular weight is 384 g/mol. The highest BCUT2D eigenvalue weighted by molar-refractivity contribution is 6.39. The Morgan fingerprint density at radius 2 is 1.88 bits per heavy atom. The van der Waals surface area contributed by atoms with Crippen LogP contribution in [-0.2, 0) is 9.47 Å². The summed E-state index contributed by atoms with van der Waals surface area (Å²) in [4.78, 5) is 12.2. The largest absolute Gasteiger partial charge is 0.435 e. The second-order valence-corrected chi connectivity index (χ2v) is 5.55. The van der Waals surface area contributed by atoms with E-state index in [-0.39, 0.29) is 24.2 Å². The van der Waals surface area contributed by atoms with E-state index in [1.54, 1.807) is 30.3 Å². The van der Waals surface area contributed by atoms with Crippen LogP contribution >= 0.6 is 23.2 Å². The molecule has 0 aliphatic carbocycles. The van der Waals surface area contributed by atoms with E-state index in [4.69, 9.17) is 32.7 Å². The molecule has 7 heteroatoms. The van der Waals surface area contributed by atoms with Gasteiger partial charge in [0, 0.05) is 6.61 Å². The summed E-state index contributed by atoms with van der Waals surface area (Å²) in [5.74, 6) is -0.485. The summed E-state index contributed by atoms with van der Waals surface area (Å²) in [6.07, 6.45) is 0. The van der Waals surface area contributed by atoms with Gasteiger partial charge in [-0.2, -0.15) is 0 Å². The Balaban J connectivity index is 0.00000288. The van der Waals surface area contributed by atoms with Crippen molar-refractivity contribution in [3.8, 4) is 0 Å². The molecule has 0 atom stereocenters. The van der Waals surface area contributed by atoms with Crippen molar-refractivity contribution in [2.75, 3.05) is 18.7 Å². The van der Waals surface area contributed by atoms with Gasteiger partial charge in [0.05, 0.1) is 27.0 Å². The quantitative estimate of drug-likeness (QED) is 0.354. The number of esters is 1. The predicted molar refractivity (Wildman–Crippen MR) is 103 cm³/mol. The Labute approximate surface area is 162 Å². The number of halogens is 2. The molecule has 0 aromatic heterocycles. The van der Waals surface area contributed by atoms with Gasteiger partial charge in [-0.05, 0) is 37.6 Å². The minimum absolute atomic E-state index is 0. The maximum atomic E-state index is 12.2. The molecule has 0 saturated carbocycles. The standard InChI is InChI=1S/C17H17Cl2NO3.Al.3H/c1-3-22-10-23-17(21)12-6-4-5-7-14(12)20-16-13(18)9-8-11(2)15(16)19;;;;/h4-9,20H,3,10H2,1-2H3;;;;. The second-order valence-electron chi connectivity index (χ2n) is 4.77. The van der Waals surface area contributed by atoms with Crippen molar-refractivity contribution in [1.82, 2.24) is 0 Å². The van der Waals surface area contributed by atoms with Gasteiger partial charge in [-0.3, -0.25) is 0 Å². The number of carbonyl (C=O) groups is 1. The Kier molecular flexibility index (Phi) is 8.62. The average Bonchev–Trinajstić information content (AvgIpc) is 2.55. The highest BCUT2D eigenvalue weighted by atomic mass is 35.5. The molecular formula is C17H20AlCl2NO3. The van der Waals surface area contributed by atoms with Crippen LogP contribution in [0.1, 0.15) is 22.8 Å². The van der Waals surface area contributed by atoms with Gasteiger partial charge in [-0.1, -0.05) is 41.4 Å². The molecule has 2 aromatic carbocycles. The van der Waals surface area contributed by atoms with Gasteiger partial charge in [0.2, 0.25) is 0 Å². The van der Waals surface area contributed by atoms with Crippen molar-refractivity contribution in [3.63, 3.8) is 0 Å². The van der Waals surface area contributed by atoms with Crippen molar-refractivity contribution in [2.24, 2.45) is 0 Å². The summed E-state index contributed by atoms with van der Waals surface area (Å²) in [7, 11) is 0. The molecule has 2 aromatic rings. The van der Waals surface area contributed by atoms with E-state index in [1.807, 2.05) is 19.9 Å². The smallest absolute Gasteiger partial charge is 0.342 e. The molecule has 0 saturated heterocycles. The number of benzene rings is 2. The van der Waals surface area contributed by atoms with Gasteiger partial charge in [0.1, 0.15) is 0 Å². The molecule has 0 spiro atoms. The van der Waals surface area contributed by atoms with Gasteiger partial charge in [0.15, 0.2) is 24.2 Å². The van der Waals surface area contributed by atoms with Crippen LogP contribution in [0, 0.1) is 6.92 Å². The molecule has 24 heavy (non-hydrogen) atoms. The van der Waals surface area contributed by atoms with E-state index in [9.17, 15) is 4.79 Å². The lowest BCUT2D eigenvalue weighted by molar-refractivity contribution is -0.0273. The number of aryl methyl sites for hydroxylation is 1. The van der Waals surface area contributed by atoms with E-state index < -0.39 is 5.97 Å². The molecular weight excluding hydrogens is 364 g/mol. The molecule has 0 amide bonds. The summed E-state index contributed by atoms with van der Waals surface area (Å²) in [5, 5.41) is 4.10. The van der Waals surface area contributed by atoms with Crippen molar-refractivity contribution < 1.29 is 14.3 Å². The maximum Gasteiger partial charge on any atom is 0.342 e. The van der Waals surface area contributed by atoms with E-state index in [1.165, 1.54) is 0 Å². The normalized spacial score (nSPS) is 10.0. The molecule has 1 N–H and O–H groups in total. The predicted octanol–water partition coefficient (Wildman–Crippen LogP) is 4.01. The Morgan fingerprint density at radius 1 is 1.17 bits per heavy atom. The van der Waals surface area contributed by atoms with Gasteiger partial charge >= 0.3 is 5.97 Å². The fraction of sp³-hybridized carbons (Fsp3) is 0.235. The van der Waals surface area contributed by atoms with Crippen molar-refractivity contribution in [1.29, 1.82) is 0 Å². The molecule has 0 fully saturated rings. The van der Waals surface area contributed by atoms with Crippen LogP contribution < -0.4 is 5.32 Å². The molecule has 2 rings (SSSR count). The van der Waals surface area contributed by atoms with E-state index in [0.29, 0.717) is 33.6 Å². The number of nitrogens with one attached hydrogen (secondary N) is 1. The molecule has 0 aliphatic heterocycles. The van der Waals surface area contributed by atoms with E-state index in [0.717, 1.165) is 5.56 Å². The SMILES string of the molecule is CCOCOC(=O)c1ccccc1Nc1c(Cl)ccc(C)c1Cl.[AlH3]. The summed E-state index contributed by atoms with van der Waals surface area (Å²) < 4.78 is 10.1. The number of hydrogen-bond donors (Lipinski definition) is 1. The summed E-state index contributed by atoms with van der Waals surface area (Å²) in [6.45, 7) is 4.09. The minimum Gasteiger partial charge on any atom is -0.435 e. The Morgan fingerprint density at radius 3 is 2.58 bits per heavy atom. The van der Waals surface area contributed by atoms with Crippen LogP contribution in [-0.4, -0.2) is 36.7 Å². The highest BCUT2D eigenvalue weighted by Gasteiger charge is 2.15. The topological polar surface area (TPSA) is 47.6 Å². The summed E-state index contributed by atoms with van der Waals surface area (Å²) in [5.41, 5.74) is 2.37. The fourth-order valence-electron chi connectivity index (χ4n) is 1.93. The number of hydrogen-bond acceptors (Lipinski definition) is 4. The van der Waals surface area contributed by atoms with Gasteiger partial charge in [-0.15, -0.1) is 0 Å². The molecule has 0 unspecified atom stereocenters. The lowest BCUT2D eigenvalue weighted by Gasteiger charge is -2.15. The zero-order valence-electron chi connectivity index (χ0n) is 12.9. The van der Waals surface area contributed by atoms with Crippen molar-refractivity contribution >= 4 is 57.9 Å². The first kappa shape index (κ1) is 20.8. The number of para-hydroxylation sites is 1. The van der Waals surface area contributed by atoms with Crippen LogP contribution in [0.25, 0.3) is 0 Å². The zero-order valence-corrected chi connectivity index (χ0v) is 14.4. The lowest BCUT2D eigenvalue weighted by Crippen LogP contribution is -2.11. The van der Waals surface area contributed by atoms with Gasteiger partial charge < -0.3 is 14.8 Å². The van der Waals surface area contributed by atoms with Crippen LogP contribution in [0.15, 0.2) is 36.4 Å². The number of ether oxygens (including phenoxy) is 2. The Hall–Kier alpha value is -1.22. The first-order valence-corrected chi connectivity index (χ1v) is 7.85. The fourth-order valence-corrected chi connectivity index (χ4v) is 2.40. The molecule has 4 nitrogen and oxygen atoms in total. The number of carbonyl (C=O) groups excluding carboxylic acids is 1. The van der Waals surface area contributed by atoms with E-state index in [2.05, 4.69) is 5.32 Å². The summed E-state index contributed by atoms with van der Waals surface area (Å²) in [6, 6.07) is 10.6. The third-order valence-electron chi connectivity index (χ3n) is 3.17. The number of anilines is 2. The minimum atomic E-state index is -0.485. The Bertz CT molecular complexity index is 710. The van der Waals surface area contributed by atoms with E-state index >= 15 is 0 Å². The number of rotatable bonds is 6. The molecule has 0 radical (unpaired) electrons. The first-order valence-electron chi connectivity index (χ1n) is 7.10. The van der Waals surface area contributed by atoms with Crippen molar-refractivity contribution in [2.45, 2.75) is 13.8 Å². The second kappa shape index (κ2) is 9.93. The van der Waals surface area contributed by atoms with Crippen LogP contribution in [0.5, 0.6) is 0 Å². The molecule has 0 aliphatic rings. The van der Waals surface area contributed by atoms with Gasteiger partial charge in [-0.25, -0.2) is 4.79 Å². The molecule has 0 heterocycles. The first-order chi connectivity index (χ1) is 11.0. The van der Waals surface area contributed by atoms with Crippen LogP contribution in [0.3, 0.4) is 0 Å². The van der Waals surface area contributed by atoms with Gasteiger partial charge in [0.25, 0.3) is 0 Å². The van der Waals surface area contributed by atoms with Crippen molar-refractivity contribution in [3.05, 3.63) is 57.6 Å². The third kappa shape index (κ3) is 5.14. The van der Waals surface area contributed by atoms with Crippen LogP contribution in [0.4, 0.5) is 11.4 Å².